The van der Waals surface area contributed by atoms with Gasteiger partial charge in [0.05, 0.1) is 23.0 Å². The van der Waals surface area contributed by atoms with E-state index < -0.39 is 23.9 Å². The van der Waals surface area contributed by atoms with Gasteiger partial charge in [0.1, 0.15) is 12.5 Å². The predicted molar refractivity (Wildman–Crippen MR) is 112 cm³/mol. The molecule has 0 radical (unpaired) electrons. The molecule has 158 valence electrons. The Bertz CT molecular complexity index is 920. The second-order valence-electron chi connectivity index (χ2n) is 8.86. The predicted octanol–water partition coefficient (Wildman–Crippen LogP) is 4.12. The van der Waals surface area contributed by atoms with Crippen molar-refractivity contribution in [2.75, 3.05) is 12.4 Å². The smallest absolute Gasteiger partial charge is 0.265 e. The summed E-state index contributed by atoms with van der Waals surface area (Å²) in [6.45, 7) is 11.6. The molecule has 2 aromatic rings. The highest BCUT2D eigenvalue weighted by molar-refractivity contribution is 7.85. The van der Waals surface area contributed by atoms with Gasteiger partial charge < -0.3 is 9.30 Å². The Morgan fingerprint density at radius 2 is 2.00 bits per heavy atom. The first-order valence-corrected chi connectivity index (χ1v) is 14.9. The third-order valence-corrected chi connectivity index (χ3v) is 6.92. The second-order valence-corrected chi connectivity index (χ2v) is 16.1. The Balaban J connectivity index is 2.42. The van der Waals surface area contributed by atoms with Crippen molar-refractivity contribution in [3.8, 4) is 0 Å². The Morgan fingerprint density at radius 1 is 1.32 bits per heavy atom. The van der Waals surface area contributed by atoms with Crippen molar-refractivity contribution in [3.63, 3.8) is 0 Å². The number of halogens is 1. The highest BCUT2D eigenvalue weighted by atomic mass is 32.2. The molecule has 6 nitrogen and oxygen atoms in total. The van der Waals surface area contributed by atoms with Gasteiger partial charge in [-0.2, -0.15) is 8.42 Å². The van der Waals surface area contributed by atoms with Crippen LogP contribution in [0.5, 0.6) is 0 Å². The molecule has 0 bridgehead atoms. The zero-order valence-corrected chi connectivity index (χ0v) is 19.1. The monoisotopic (exact) mass is 430 g/mol. The van der Waals surface area contributed by atoms with Crippen molar-refractivity contribution in [1.29, 1.82) is 0 Å². The summed E-state index contributed by atoms with van der Waals surface area (Å²) >= 11 is 0. The summed E-state index contributed by atoms with van der Waals surface area (Å²) in [5.41, 5.74) is 2.47. The molecule has 0 saturated heterocycles. The molecule has 0 aromatic carbocycles. The Morgan fingerprint density at radius 3 is 2.57 bits per heavy atom. The lowest BCUT2D eigenvalue weighted by Gasteiger charge is -2.18. The number of aryl methyl sites for hydroxylation is 1. The van der Waals surface area contributed by atoms with Gasteiger partial charge in [-0.1, -0.05) is 33.5 Å². The molecule has 2 aromatic heterocycles. The minimum absolute atomic E-state index is 0.106. The minimum Gasteiger partial charge on any atom is -0.361 e. The second kappa shape index (κ2) is 9.02. The standard InChI is InChI=1S/C19H31FN2O4SSi/c1-14(2)10-16-17(20)12-21-18-11-15(6-8-27(23,24)25)22(19(16)18)13-26-7-9-28(3,4)5/h11-12,14H,6-10,13H2,1-5H3,(H,23,24,25). The van der Waals surface area contributed by atoms with Crippen LogP contribution < -0.4 is 0 Å². The topological polar surface area (TPSA) is 81.4 Å². The van der Waals surface area contributed by atoms with E-state index in [1.54, 1.807) is 10.6 Å². The van der Waals surface area contributed by atoms with Crippen molar-refractivity contribution in [1.82, 2.24) is 9.55 Å². The van der Waals surface area contributed by atoms with E-state index in [9.17, 15) is 12.8 Å². The summed E-state index contributed by atoms with van der Waals surface area (Å²) in [4.78, 5) is 4.19. The highest BCUT2D eigenvalue weighted by Gasteiger charge is 2.20. The van der Waals surface area contributed by atoms with Gasteiger partial charge in [0.2, 0.25) is 0 Å². The van der Waals surface area contributed by atoms with Crippen LogP contribution in [0.4, 0.5) is 4.39 Å². The van der Waals surface area contributed by atoms with E-state index in [-0.39, 0.29) is 24.9 Å². The fraction of sp³-hybridized carbons (Fsp3) is 0.632. The van der Waals surface area contributed by atoms with Gasteiger partial charge in [0, 0.05) is 32.4 Å². The molecule has 2 heterocycles. The fourth-order valence-electron chi connectivity index (χ4n) is 3.04. The van der Waals surface area contributed by atoms with Gasteiger partial charge in [-0.3, -0.25) is 9.54 Å². The molecule has 0 aliphatic carbocycles. The number of aromatic nitrogens is 2. The molecule has 0 spiro atoms. The molecule has 0 fully saturated rings. The average molecular weight is 431 g/mol. The summed E-state index contributed by atoms with van der Waals surface area (Å²) < 4.78 is 53.8. The van der Waals surface area contributed by atoms with E-state index in [1.165, 1.54) is 6.20 Å². The number of hydrogen-bond donors (Lipinski definition) is 1. The van der Waals surface area contributed by atoms with Crippen LogP contribution >= 0.6 is 0 Å². The van der Waals surface area contributed by atoms with Gasteiger partial charge in [-0.15, -0.1) is 0 Å². The lowest BCUT2D eigenvalue weighted by molar-refractivity contribution is 0.0884. The number of pyridine rings is 1. The molecule has 0 aliphatic rings. The van der Waals surface area contributed by atoms with Crippen LogP contribution in [0.15, 0.2) is 12.3 Å². The number of rotatable bonds is 10. The van der Waals surface area contributed by atoms with E-state index in [2.05, 4.69) is 24.6 Å². The van der Waals surface area contributed by atoms with Crippen molar-refractivity contribution in [2.45, 2.75) is 59.1 Å². The number of hydrogen-bond acceptors (Lipinski definition) is 4. The summed E-state index contributed by atoms with van der Waals surface area (Å²) in [6, 6.07) is 2.75. The first kappa shape index (κ1) is 23.0. The van der Waals surface area contributed by atoms with Crippen molar-refractivity contribution >= 4 is 29.2 Å². The molecule has 0 unspecified atom stereocenters. The number of nitrogens with zero attached hydrogens (tertiary/aromatic N) is 2. The van der Waals surface area contributed by atoms with Crippen LogP contribution in [0.1, 0.15) is 25.1 Å². The zero-order valence-electron chi connectivity index (χ0n) is 17.3. The van der Waals surface area contributed by atoms with E-state index in [0.29, 0.717) is 35.3 Å². The average Bonchev–Trinajstić information content (AvgIpc) is 2.88. The molecule has 1 N–H and O–H groups in total. The largest absolute Gasteiger partial charge is 0.361 e. The number of ether oxygens (including phenoxy) is 1. The van der Waals surface area contributed by atoms with Crippen molar-refractivity contribution in [2.24, 2.45) is 5.92 Å². The Kier molecular flexibility index (Phi) is 7.41. The molecule has 0 atom stereocenters. The van der Waals surface area contributed by atoms with Crippen molar-refractivity contribution < 1.29 is 22.1 Å². The summed E-state index contributed by atoms with van der Waals surface area (Å²) in [6.07, 6.45) is 1.86. The molecule has 9 heteroatoms. The first-order valence-electron chi connectivity index (χ1n) is 9.56. The lowest BCUT2D eigenvalue weighted by atomic mass is 10.0. The third-order valence-electron chi connectivity index (χ3n) is 4.50. The first-order chi connectivity index (χ1) is 12.9. The molecule has 0 saturated carbocycles. The maximum Gasteiger partial charge on any atom is 0.265 e. The zero-order chi connectivity index (χ0) is 21.1. The molecular weight excluding hydrogens is 399 g/mol. The minimum atomic E-state index is -4.10. The molecule has 0 amide bonds. The number of fused-ring (bicyclic) bond motifs is 1. The van der Waals surface area contributed by atoms with Crippen LogP contribution in [0.25, 0.3) is 11.0 Å². The summed E-state index contributed by atoms with van der Waals surface area (Å²) in [7, 11) is -5.35. The Labute approximate surface area is 167 Å². The van der Waals surface area contributed by atoms with E-state index in [4.69, 9.17) is 9.29 Å². The molecular formula is C19H31FN2O4SSi. The maximum atomic E-state index is 14.5. The van der Waals surface area contributed by atoms with E-state index in [0.717, 1.165) is 6.04 Å². The molecule has 28 heavy (non-hydrogen) atoms. The summed E-state index contributed by atoms with van der Waals surface area (Å²) in [5, 5.41) is 0. The van der Waals surface area contributed by atoms with E-state index in [1.807, 2.05) is 13.8 Å². The van der Waals surface area contributed by atoms with Crippen LogP contribution in [-0.2, 0) is 34.4 Å². The van der Waals surface area contributed by atoms with Gasteiger partial charge >= 0.3 is 0 Å². The van der Waals surface area contributed by atoms with Crippen LogP contribution in [0.3, 0.4) is 0 Å². The quantitative estimate of drug-likeness (QED) is 0.348. The van der Waals surface area contributed by atoms with Gasteiger partial charge in [-0.25, -0.2) is 4.39 Å². The van der Waals surface area contributed by atoms with Gasteiger partial charge in [-0.05, 0) is 24.4 Å². The summed E-state index contributed by atoms with van der Waals surface area (Å²) in [5.74, 6) is -0.526. The third kappa shape index (κ3) is 6.65. The molecule has 0 aliphatic heterocycles. The van der Waals surface area contributed by atoms with E-state index >= 15 is 0 Å². The normalized spacial score (nSPS) is 13.0. The fourth-order valence-corrected chi connectivity index (χ4v) is 4.27. The van der Waals surface area contributed by atoms with Gasteiger partial charge in [0.25, 0.3) is 10.1 Å². The lowest BCUT2D eigenvalue weighted by Crippen LogP contribution is -2.22. The highest BCUT2D eigenvalue weighted by Crippen LogP contribution is 2.27. The Hall–Kier alpha value is -1.29. The van der Waals surface area contributed by atoms with Crippen LogP contribution in [0, 0.1) is 11.7 Å². The van der Waals surface area contributed by atoms with Crippen molar-refractivity contribution in [3.05, 3.63) is 29.3 Å². The maximum absolute atomic E-state index is 14.5. The van der Waals surface area contributed by atoms with Crippen LogP contribution in [-0.4, -0.2) is 43.0 Å². The van der Waals surface area contributed by atoms with Crippen LogP contribution in [0.2, 0.25) is 25.7 Å². The van der Waals surface area contributed by atoms with Gasteiger partial charge in [0.15, 0.2) is 0 Å². The molecule has 2 rings (SSSR count). The SMILES string of the molecule is CC(C)Cc1c(F)cnc2cc(CCS(=O)(=O)O)n(COCC[Si](C)(C)C)c12.